The molecule has 6 heteroatoms. The molecule has 0 radical (unpaired) electrons. The van der Waals surface area contributed by atoms with Crippen molar-refractivity contribution in [3.05, 3.63) is 78.0 Å². The summed E-state index contributed by atoms with van der Waals surface area (Å²) in [5, 5.41) is 13.6. The summed E-state index contributed by atoms with van der Waals surface area (Å²) in [4.78, 5) is 4.46. The van der Waals surface area contributed by atoms with Gasteiger partial charge in [-0.25, -0.2) is 4.39 Å². The summed E-state index contributed by atoms with van der Waals surface area (Å²) in [5.41, 5.74) is 4.39. The first kappa shape index (κ1) is 17.7. The van der Waals surface area contributed by atoms with Crippen molar-refractivity contribution in [2.75, 3.05) is 17.2 Å². The molecule has 2 heterocycles. The predicted octanol–water partition coefficient (Wildman–Crippen LogP) is 4.38. The first-order valence-corrected chi connectivity index (χ1v) is 8.53. The quantitative estimate of drug-likeness (QED) is 0.527. The van der Waals surface area contributed by atoms with Gasteiger partial charge >= 0.3 is 0 Å². The highest BCUT2D eigenvalue weighted by molar-refractivity contribution is 5.78. The highest BCUT2D eigenvalue weighted by Crippen LogP contribution is 2.22. The SMILES string of the molecule is C=C(Nc1cn[nH]c1NCCCc1ccc(F)cc1)c1cccc(C)n1. The third kappa shape index (κ3) is 4.69. The number of aryl methyl sites for hydroxylation is 2. The molecule has 1 aromatic carbocycles. The van der Waals surface area contributed by atoms with Gasteiger partial charge in [0.25, 0.3) is 0 Å². The molecule has 5 nitrogen and oxygen atoms in total. The fourth-order valence-corrected chi connectivity index (χ4v) is 2.61. The number of anilines is 2. The van der Waals surface area contributed by atoms with Crippen LogP contribution in [-0.2, 0) is 6.42 Å². The Labute approximate surface area is 152 Å². The minimum absolute atomic E-state index is 0.205. The van der Waals surface area contributed by atoms with Crippen molar-refractivity contribution in [1.29, 1.82) is 0 Å². The van der Waals surface area contributed by atoms with Gasteiger partial charge in [0.15, 0.2) is 0 Å². The van der Waals surface area contributed by atoms with Crippen LogP contribution in [0.3, 0.4) is 0 Å². The zero-order chi connectivity index (χ0) is 18.4. The number of halogens is 1. The van der Waals surface area contributed by atoms with E-state index in [4.69, 9.17) is 0 Å². The van der Waals surface area contributed by atoms with Gasteiger partial charge < -0.3 is 10.6 Å². The summed E-state index contributed by atoms with van der Waals surface area (Å²) in [7, 11) is 0. The van der Waals surface area contributed by atoms with Gasteiger partial charge in [0.2, 0.25) is 0 Å². The van der Waals surface area contributed by atoms with Crippen molar-refractivity contribution >= 4 is 17.2 Å². The molecule has 0 amide bonds. The summed E-state index contributed by atoms with van der Waals surface area (Å²) < 4.78 is 12.9. The lowest BCUT2D eigenvalue weighted by molar-refractivity contribution is 0.626. The number of rotatable bonds is 8. The van der Waals surface area contributed by atoms with Gasteiger partial charge in [0.05, 0.1) is 17.6 Å². The second-order valence-electron chi connectivity index (χ2n) is 6.08. The molecule has 0 saturated heterocycles. The summed E-state index contributed by atoms with van der Waals surface area (Å²) >= 11 is 0. The van der Waals surface area contributed by atoms with E-state index in [-0.39, 0.29) is 5.82 Å². The monoisotopic (exact) mass is 351 g/mol. The van der Waals surface area contributed by atoms with Crippen molar-refractivity contribution in [3.63, 3.8) is 0 Å². The first-order chi connectivity index (χ1) is 12.6. The molecule has 0 bridgehead atoms. The summed E-state index contributed by atoms with van der Waals surface area (Å²) in [6.07, 6.45) is 3.51. The third-order valence-corrected chi connectivity index (χ3v) is 3.98. The number of hydrogen-bond donors (Lipinski definition) is 3. The molecule has 134 valence electrons. The van der Waals surface area contributed by atoms with Gasteiger partial charge in [-0.2, -0.15) is 5.10 Å². The third-order valence-electron chi connectivity index (χ3n) is 3.98. The van der Waals surface area contributed by atoms with Crippen molar-refractivity contribution in [2.45, 2.75) is 19.8 Å². The van der Waals surface area contributed by atoms with E-state index in [1.54, 1.807) is 6.20 Å². The number of H-pyrrole nitrogens is 1. The maximum Gasteiger partial charge on any atom is 0.145 e. The minimum Gasteiger partial charge on any atom is -0.369 e. The Bertz CT molecular complexity index is 870. The number of pyridine rings is 1. The van der Waals surface area contributed by atoms with Crippen molar-refractivity contribution in [2.24, 2.45) is 0 Å². The number of aromatic amines is 1. The first-order valence-electron chi connectivity index (χ1n) is 8.53. The molecule has 0 aliphatic rings. The Morgan fingerprint density at radius 3 is 2.77 bits per heavy atom. The van der Waals surface area contributed by atoms with E-state index in [9.17, 15) is 4.39 Å². The maximum absolute atomic E-state index is 12.9. The van der Waals surface area contributed by atoms with Crippen molar-refractivity contribution < 1.29 is 4.39 Å². The molecule has 3 aromatic rings. The van der Waals surface area contributed by atoms with Crippen LogP contribution in [0.4, 0.5) is 15.9 Å². The number of benzene rings is 1. The van der Waals surface area contributed by atoms with Gasteiger partial charge in [0.1, 0.15) is 17.3 Å². The molecule has 0 unspecified atom stereocenters. The molecule has 0 spiro atoms. The molecule has 0 saturated carbocycles. The van der Waals surface area contributed by atoms with Crippen LogP contribution in [0.25, 0.3) is 5.70 Å². The highest BCUT2D eigenvalue weighted by atomic mass is 19.1. The smallest absolute Gasteiger partial charge is 0.145 e. The van der Waals surface area contributed by atoms with Crippen LogP contribution in [0.15, 0.2) is 55.2 Å². The molecule has 0 atom stereocenters. The van der Waals surface area contributed by atoms with Crippen LogP contribution < -0.4 is 10.6 Å². The number of nitrogens with one attached hydrogen (secondary N) is 3. The maximum atomic E-state index is 12.9. The topological polar surface area (TPSA) is 65.6 Å². The van der Waals surface area contributed by atoms with E-state index in [2.05, 4.69) is 32.4 Å². The van der Waals surface area contributed by atoms with Gasteiger partial charge in [-0.3, -0.25) is 10.1 Å². The molecule has 0 aliphatic heterocycles. The zero-order valence-corrected chi connectivity index (χ0v) is 14.7. The Morgan fingerprint density at radius 2 is 2.00 bits per heavy atom. The fraction of sp³-hybridized carbons (Fsp3) is 0.200. The van der Waals surface area contributed by atoms with Gasteiger partial charge in [-0.15, -0.1) is 0 Å². The largest absolute Gasteiger partial charge is 0.369 e. The van der Waals surface area contributed by atoms with Crippen LogP contribution in [0.5, 0.6) is 0 Å². The normalized spacial score (nSPS) is 10.5. The lowest BCUT2D eigenvalue weighted by Gasteiger charge is -2.11. The van der Waals surface area contributed by atoms with E-state index in [0.717, 1.165) is 47.8 Å². The second-order valence-corrected chi connectivity index (χ2v) is 6.08. The van der Waals surface area contributed by atoms with Crippen LogP contribution in [0, 0.1) is 12.7 Å². The van der Waals surface area contributed by atoms with Crippen LogP contribution in [0.1, 0.15) is 23.4 Å². The Kier molecular flexibility index (Phi) is 5.63. The van der Waals surface area contributed by atoms with E-state index in [0.29, 0.717) is 5.70 Å². The Morgan fingerprint density at radius 1 is 1.19 bits per heavy atom. The van der Waals surface area contributed by atoms with Crippen molar-refractivity contribution in [3.8, 4) is 0 Å². The summed E-state index contributed by atoms with van der Waals surface area (Å²) in [6, 6.07) is 12.4. The van der Waals surface area contributed by atoms with E-state index >= 15 is 0 Å². The average Bonchev–Trinajstić information content (AvgIpc) is 3.07. The molecule has 0 aliphatic carbocycles. The van der Waals surface area contributed by atoms with Crippen molar-refractivity contribution in [1.82, 2.24) is 15.2 Å². The fourth-order valence-electron chi connectivity index (χ4n) is 2.61. The molecule has 2 aromatic heterocycles. The number of aromatic nitrogens is 3. The number of nitrogens with zero attached hydrogens (tertiary/aromatic N) is 2. The summed E-state index contributed by atoms with van der Waals surface area (Å²) in [6.45, 7) is 6.77. The average molecular weight is 351 g/mol. The zero-order valence-electron chi connectivity index (χ0n) is 14.7. The molecule has 3 N–H and O–H groups in total. The standard InChI is InChI=1S/C20H22FN5/c1-14-5-3-7-18(24-14)15(2)25-19-13-23-26-20(19)22-12-4-6-16-8-10-17(21)11-9-16/h3,5,7-11,13,25H,2,4,6,12H2,1H3,(H2,22,23,26). The Balaban J connectivity index is 1.52. The van der Waals surface area contributed by atoms with Crippen LogP contribution >= 0.6 is 0 Å². The van der Waals surface area contributed by atoms with Crippen LogP contribution in [0.2, 0.25) is 0 Å². The van der Waals surface area contributed by atoms with Gasteiger partial charge in [-0.05, 0) is 49.6 Å². The molecular weight excluding hydrogens is 329 g/mol. The molecule has 0 fully saturated rings. The highest BCUT2D eigenvalue weighted by Gasteiger charge is 2.08. The van der Waals surface area contributed by atoms with Gasteiger partial charge in [0, 0.05) is 12.2 Å². The molecule has 3 rings (SSSR count). The number of hydrogen-bond acceptors (Lipinski definition) is 4. The lowest BCUT2D eigenvalue weighted by Crippen LogP contribution is -2.07. The second kappa shape index (κ2) is 8.29. The van der Waals surface area contributed by atoms with E-state index < -0.39 is 0 Å². The van der Waals surface area contributed by atoms with E-state index in [1.165, 1.54) is 12.1 Å². The minimum atomic E-state index is -0.205. The predicted molar refractivity (Wildman–Crippen MR) is 103 cm³/mol. The van der Waals surface area contributed by atoms with E-state index in [1.807, 2.05) is 37.3 Å². The summed E-state index contributed by atoms with van der Waals surface area (Å²) in [5.74, 6) is 0.598. The van der Waals surface area contributed by atoms with Gasteiger partial charge in [-0.1, -0.05) is 24.8 Å². The lowest BCUT2D eigenvalue weighted by atomic mass is 10.1. The molecular formula is C20H22FN5. The molecule has 26 heavy (non-hydrogen) atoms. The van der Waals surface area contributed by atoms with Crippen LogP contribution in [-0.4, -0.2) is 21.7 Å². The Hall–Kier alpha value is -3.15.